The number of rotatable bonds is 9. The maximum Gasteiger partial charge on any atom is 0.133 e. The molecule has 20 heavy (non-hydrogen) atoms. The first-order valence-electron chi connectivity index (χ1n) is 7.31. The molecule has 0 fully saturated rings. The summed E-state index contributed by atoms with van der Waals surface area (Å²) in [5.74, 6) is 0.865. The Bertz CT molecular complexity index is 396. The van der Waals surface area contributed by atoms with Crippen molar-refractivity contribution in [2.45, 2.75) is 46.3 Å². The van der Waals surface area contributed by atoms with Crippen LogP contribution in [0.5, 0.6) is 5.75 Å². The van der Waals surface area contributed by atoms with Crippen molar-refractivity contribution >= 4 is 15.9 Å². The second kappa shape index (κ2) is 9.37. The smallest absolute Gasteiger partial charge is 0.133 e. The van der Waals surface area contributed by atoms with Crippen molar-refractivity contribution in [3.63, 3.8) is 0 Å². The molecule has 0 aliphatic heterocycles. The van der Waals surface area contributed by atoms with Gasteiger partial charge in [0.05, 0.1) is 17.2 Å². The Hall–Kier alpha value is -0.580. The molecule has 1 N–H and O–H groups in total. The van der Waals surface area contributed by atoms with Crippen LogP contribution in [0.3, 0.4) is 0 Å². The summed E-state index contributed by atoms with van der Waals surface area (Å²) in [6.45, 7) is 10.6. The molecule has 1 unspecified atom stereocenters. The highest BCUT2D eigenvalue weighted by Crippen LogP contribution is 2.28. The summed E-state index contributed by atoms with van der Waals surface area (Å²) in [4.78, 5) is 0. The largest absolute Gasteiger partial charge is 0.490 e. The van der Waals surface area contributed by atoms with E-state index in [-0.39, 0.29) is 6.10 Å². The van der Waals surface area contributed by atoms with E-state index in [2.05, 4.69) is 47.2 Å². The van der Waals surface area contributed by atoms with Crippen molar-refractivity contribution in [2.24, 2.45) is 0 Å². The molecule has 0 aromatic heterocycles. The third-order valence-electron chi connectivity index (χ3n) is 2.95. The molecule has 0 aliphatic rings. The lowest BCUT2D eigenvalue weighted by atomic mass is 10.1. The second-order valence-electron chi connectivity index (χ2n) is 5.13. The summed E-state index contributed by atoms with van der Waals surface area (Å²) in [6.07, 6.45) is 1.39. The Morgan fingerprint density at radius 1 is 1.20 bits per heavy atom. The highest BCUT2D eigenvalue weighted by molar-refractivity contribution is 9.10. The summed E-state index contributed by atoms with van der Waals surface area (Å²) in [6, 6.07) is 6.59. The lowest BCUT2D eigenvalue weighted by Crippen LogP contribution is -2.19. The summed E-state index contributed by atoms with van der Waals surface area (Å²) >= 11 is 3.57. The first-order valence-corrected chi connectivity index (χ1v) is 8.11. The minimum absolute atomic E-state index is 0.245. The van der Waals surface area contributed by atoms with Crippen molar-refractivity contribution < 1.29 is 9.47 Å². The van der Waals surface area contributed by atoms with Gasteiger partial charge in [-0.15, -0.1) is 0 Å². The van der Waals surface area contributed by atoms with E-state index in [4.69, 9.17) is 9.47 Å². The van der Waals surface area contributed by atoms with Gasteiger partial charge in [0, 0.05) is 6.04 Å². The quantitative estimate of drug-likeness (QED) is 0.677. The Morgan fingerprint density at radius 3 is 2.55 bits per heavy atom. The minimum atomic E-state index is 0.245. The molecule has 0 bridgehead atoms. The van der Waals surface area contributed by atoms with Gasteiger partial charge in [-0.25, -0.2) is 0 Å². The van der Waals surface area contributed by atoms with E-state index in [1.165, 1.54) is 5.56 Å². The maximum absolute atomic E-state index is 5.71. The number of halogens is 1. The third kappa shape index (κ3) is 6.25. The van der Waals surface area contributed by atoms with E-state index in [1.54, 1.807) is 0 Å². The van der Waals surface area contributed by atoms with Crippen LogP contribution >= 0.6 is 15.9 Å². The van der Waals surface area contributed by atoms with Crippen LogP contribution in [0.4, 0.5) is 0 Å². The van der Waals surface area contributed by atoms with Gasteiger partial charge in [0.1, 0.15) is 12.4 Å². The first kappa shape index (κ1) is 17.5. The van der Waals surface area contributed by atoms with E-state index < -0.39 is 0 Å². The molecule has 1 aromatic carbocycles. The van der Waals surface area contributed by atoms with Crippen molar-refractivity contribution in [3.05, 3.63) is 28.2 Å². The van der Waals surface area contributed by atoms with Gasteiger partial charge in [-0.3, -0.25) is 0 Å². The average molecular weight is 344 g/mol. The Balaban J connectivity index is 2.50. The third-order valence-corrected chi connectivity index (χ3v) is 3.57. The van der Waals surface area contributed by atoms with Crippen molar-refractivity contribution in [1.82, 2.24) is 5.32 Å². The van der Waals surface area contributed by atoms with E-state index in [0.29, 0.717) is 19.3 Å². The molecule has 0 spiro atoms. The molecule has 0 radical (unpaired) electrons. The van der Waals surface area contributed by atoms with E-state index in [9.17, 15) is 0 Å². The zero-order chi connectivity index (χ0) is 15.0. The second-order valence-corrected chi connectivity index (χ2v) is 5.99. The number of benzene rings is 1. The van der Waals surface area contributed by atoms with Gasteiger partial charge < -0.3 is 14.8 Å². The van der Waals surface area contributed by atoms with Gasteiger partial charge in [-0.2, -0.15) is 0 Å². The average Bonchev–Trinajstić information content (AvgIpc) is 2.42. The van der Waals surface area contributed by atoms with Gasteiger partial charge in [0.15, 0.2) is 0 Å². The molecule has 114 valence electrons. The maximum atomic E-state index is 5.71. The zero-order valence-corrected chi connectivity index (χ0v) is 14.5. The Morgan fingerprint density at radius 2 is 1.95 bits per heavy atom. The number of hydrogen-bond donors (Lipinski definition) is 1. The van der Waals surface area contributed by atoms with Crippen LogP contribution in [0, 0.1) is 0 Å². The van der Waals surface area contributed by atoms with Crippen LogP contribution in [-0.2, 0) is 4.74 Å². The number of nitrogens with one attached hydrogen (secondary N) is 1. The highest BCUT2D eigenvalue weighted by atomic mass is 79.9. The fraction of sp³-hybridized carbons (Fsp3) is 0.625. The van der Waals surface area contributed by atoms with Crippen LogP contribution in [0.1, 0.15) is 45.7 Å². The molecule has 1 aromatic rings. The van der Waals surface area contributed by atoms with Crippen LogP contribution in [0.25, 0.3) is 0 Å². The van der Waals surface area contributed by atoms with Gasteiger partial charge >= 0.3 is 0 Å². The highest BCUT2D eigenvalue weighted by Gasteiger charge is 2.08. The van der Waals surface area contributed by atoms with Gasteiger partial charge in [0.25, 0.3) is 0 Å². The lowest BCUT2D eigenvalue weighted by molar-refractivity contribution is 0.0551. The summed E-state index contributed by atoms with van der Waals surface area (Å²) in [5.41, 5.74) is 1.26. The topological polar surface area (TPSA) is 30.5 Å². The Kier molecular flexibility index (Phi) is 8.19. The van der Waals surface area contributed by atoms with Gasteiger partial charge in [-0.05, 0) is 67.4 Å². The van der Waals surface area contributed by atoms with Gasteiger partial charge in [0.2, 0.25) is 0 Å². The molecule has 3 nitrogen and oxygen atoms in total. The van der Waals surface area contributed by atoms with Crippen LogP contribution in [-0.4, -0.2) is 25.9 Å². The molecule has 0 amide bonds. The fourth-order valence-electron chi connectivity index (χ4n) is 1.82. The molecular weight excluding hydrogens is 318 g/mol. The Labute approximate surface area is 131 Å². The van der Waals surface area contributed by atoms with Crippen molar-refractivity contribution in [2.75, 3.05) is 19.8 Å². The first-order chi connectivity index (χ1) is 9.54. The van der Waals surface area contributed by atoms with E-state index in [1.807, 2.05) is 19.9 Å². The van der Waals surface area contributed by atoms with Crippen LogP contribution < -0.4 is 10.1 Å². The number of hydrogen-bond acceptors (Lipinski definition) is 3. The fourth-order valence-corrected chi connectivity index (χ4v) is 2.33. The predicted molar refractivity (Wildman–Crippen MR) is 87.4 cm³/mol. The molecule has 1 atom stereocenters. The summed E-state index contributed by atoms with van der Waals surface area (Å²) < 4.78 is 12.2. The minimum Gasteiger partial charge on any atom is -0.490 e. The van der Waals surface area contributed by atoms with Gasteiger partial charge in [-0.1, -0.05) is 13.0 Å². The monoisotopic (exact) mass is 343 g/mol. The summed E-state index contributed by atoms with van der Waals surface area (Å²) in [7, 11) is 0. The molecule has 0 heterocycles. The predicted octanol–water partition coefficient (Wildman–Crippen LogP) is 4.31. The van der Waals surface area contributed by atoms with Crippen LogP contribution in [0.2, 0.25) is 0 Å². The molecule has 0 aliphatic carbocycles. The molecule has 4 heteroatoms. The van der Waals surface area contributed by atoms with E-state index in [0.717, 1.165) is 23.2 Å². The standard InChI is InChI=1S/C16H26BrNO2/c1-5-8-18-13(4)14-6-7-16(15(17)11-14)20-10-9-19-12(2)3/h6-7,11-13,18H,5,8-10H2,1-4H3. The lowest BCUT2D eigenvalue weighted by Gasteiger charge is -2.16. The SMILES string of the molecule is CCCNC(C)c1ccc(OCCOC(C)C)c(Br)c1. The van der Waals surface area contributed by atoms with Crippen molar-refractivity contribution in [1.29, 1.82) is 0 Å². The molecule has 1 rings (SSSR count). The molecular formula is C16H26BrNO2. The molecule has 0 saturated carbocycles. The number of ether oxygens (including phenoxy) is 2. The molecule has 0 saturated heterocycles. The normalized spacial score (nSPS) is 12.7. The van der Waals surface area contributed by atoms with E-state index >= 15 is 0 Å². The van der Waals surface area contributed by atoms with Crippen LogP contribution in [0.15, 0.2) is 22.7 Å². The summed E-state index contributed by atoms with van der Waals surface area (Å²) in [5, 5.41) is 3.48. The van der Waals surface area contributed by atoms with Crippen molar-refractivity contribution in [3.8, 4) is 5.75 Å². The zero-order valence-electron chi connectivity index (χ0n) is 12.9.